The molecule has 4 nitrogen and oxygen atoms in total. The molecule has 0 bridgehead atoms. The molecule has 2 atom stereocenters. The molecule has 8 heteroatoms. The standard InChI is InChI=1S/C25H20Cl2N4S2/c26-19-14-29-10-9-15(19)7-8-18-23-25(33-24(18)17-5-1-2-6-20(17)28)21(12-22(27)31-23)30-13-16-4-3-11-32-16/h1-4,9-12,14,17,20H,5-6,13,28H2,(H,30,31)/t17-,20-/m0/s1. The third-order valence-electron chi connectivity index (χ3n) is 5.58. The van der Waals surface area contributed by atoms with Gasteiger partial charge in [0, 0.05) is 52.3 Å². The summed E-state index contributed by atoms with van der Waals surface area (Å²) in [5.41, 5.74) is 9.90. The zero-order chi connectivity index (χ0) is 22.8. The van der Waals surface area contributed by atoms with Gasteiger partial charge in [-0.3, -0.25) is 4.98 Å². The summed E-state index contributed by atoms with van der Waals surface area (Å²) in [6, 6.07) is 7.89. The number of anilines is 1. The number of nitrogens with zero attached hydrogens (tertiary/aromatic N) is 2. The highest BCUT2D eigenvalue weighted by molar-refractivity contribution is 7.20. The Labute approximate surface area is 210 Å². The molecule has 4 aromatic heterocycles. The van der Waals surface area contributed by atoms with Crippen molar-refractivity contribution in [3.63, 3.8) is 0 Å². The number of hydrogen-bond acceptors (Lipinski definition) is 6. The summed E-state index contributed by atoms with van der Waals surface area (Å²) in [5, 5.41) is 6.57. The fraction of sp³-hybridized carbons (Fsp3) is 0.200. The summed E-state index contributed by atoms with van der Waals surface area (Å²) in [6.07, 6.45) is 9.36. The van der Waals surface area contributed by atoms with Crippen LogP contribution in [0.4, 0.5) is 5.69 Å². The Morgan fingerprint density at radius 1 is 1.18 bits per heavy atom. The molecule has 0 amide bonds. The second-order valence-corrected chi connectivity index (χ2v) is 10.6. The smallest absolute Gasteiger partial charge is 0.131 e. The van der Waals surface area contributed by atoms with Crippen molar-refractivity contribution in [3.05, 3.63) is 85.2 Å². The van der Waals surface area contributed by atoms with Crippen LogP contribution in [-0.4, -0.2) is 16.0 Å². The summed E-state index contributed by atoms with van der Waals surface area (Å²) < 4.78 is 1.04. The van der Waals surface area contributed by atoms with E-state index in [1.807, 2.05) is 12.1 Å². The number of rotatable bonds is 4. The van der Waals surface area contributed by atoms with E-state index in [-0.39, 0.29) is 12.0 Å². The molecule has 0 radical (unpaired) electrons. The number of halogens is 2. The van der Waals surface area contributed by atoms with Crippen LogP contribution in [0.15, 0.2) is 54.2 Å². The van der Waals surface area contributed by atoms with Gasteiger partial charge in [-0.1, -0.05) is 53.3 Å². The van der Waals surface area contributed by atoms with Crippen molar-refractivity contribution in [2.45, 2.75) is 31.3 Å². The van der Waals surface area contributed by atoms with E-state index in [0.717, 1.165) is 51.3 Å². The summed E-state index contributed by atoms with van der Waals surface area (Å²) in [7, 11) is 0. The predicted octanol–water partition coefficient (Wildman–Crippen LogP) is 6.83. The van der Waals surface area contributed by atoms with Gasteiger partial charge in [-0.05, 0) is 30.4 Å². The molecule has 1 aliphatic rings. The number of allylic oxidation sites excluding steroid dienone is 1. The van der Waals surface area contributed by atoms with Crippen LogP contribution < -0.4 is 11.1 Å². The van der Waals surface area contributed by atoms with Crippen LogP contribution in [0.1, 0.15) is 39.6 Å². The van der Waals surface area contributed by atoms with E-state index in [4.69, 9.17) is 28.9 Å². The number of aromatic nitrogens is 2. The minimum absolute atomic E-state index is 0.0334. The molecule has 3 N–H and O–H groups in total. The maximum atomic E-state index is 6.54. The molecule has 166 valence electrons. The third-order valence-corrected chi connectivity index (χ3v) is 8.30. The Bertz CT molecular complexity index is 1380. The van der Waals surface area contributed by atoms with E-state index in [1.54, 1.807) is 35.1 Å². The lowest BCUT2D eigenvalue weighted by atomic mass is 9.87. The van der Waals surface area contributed by atoms with Crippen molar-refractivity contribution in [2.24, 2.45) is 5.73 Å². The largest absolute Gasteiger partial charge is 0.379 e. The van der Waals surface area contributed by atoms with Crippen molar-refractivity contribution < 1.29 is 0 Å². The predicted molar refractivity (Wildman–Crippen MR) is 141 cm³/mol. The highest BCUT2D eigenvalue weighted by Crippen LogP contribution is 2.43. The number of fused-ring (bicyclic) bond motifs is 1. The van der Waals surface area contributed by atoms with Crippen molar-refractivity contribution in [3.8, 4) is 11.8 Å². The highest BCUT2D eigenvalue weighted by atomic mass is 35.5. The van der Waals surface area contributed by atoms with Gasteiger partial charge in [-0.15, -0.1) is 22.7 Å². The second-order valence-electron chi connectivity index (χ2n) is 7.76. The summed E-state index contributed by atoms with van der Waals surface area (Å²) >= 11 is 16.2. The Balaban J connectivity index is 1.65. The number of hydrogen-bond donors (Lipinski definition) is 2. The summed E-state index contributed by atoms with van der Waals surface area (Å²) in [4.78, 5) is 11.1. The first-order valence-corrected chi connectivity index (χ1v) is 13.0. The molecule has 1 aliphatic carbocycles. The molecule has 0 unspecified atom stereocenters. The zero-order valence-corrected chi connectivity index (χ0v) is 20.7. The maximum Gasteiger partial charge on any atom is 0.131 e. The van der Waals surface area contributed by atoms with Crippen LogP contribution in [-0.2, 0) is 6.54 Å². The minimum atomic E-state index is 0.0334. The first-order chi connectivity index (χ1) is 16.1. The SMILES string of the molecule is N[C@H]1CC=CC[C@@H]1c1sc2c(NCc3cccs3)cc(Cl)nc2c1C#Cc1ccncc1Cl. The average Bonchev–Trinajstić information content (AvgIpc) is 3.45. The number of thiophene rings is 2. The van der Waals surface area contributed by atoms with Crippen LogP contribution in [0.3, 0.4) is 0 Å². The maximum absolute atomic E-state index is 6.54. The average molecular weight is 512 g/mol. The van der Waals surface area contributed by atoms with E-state index in [9.17, 15) is 0 Å². The number of pyridine rings is 2. The number of nitrogens with one attached hydrogen (secondary N) is 1. The van der Waals surface area contributed by atoms with Crippen LogP contribution in [0.25, 0.3) is 10.2 Å². The lowest BCUT2D eigenvalue weighted by molar-refractivity contribution is 0.527. The molecular weight excluding hydrogens is 491 g/mol. The molecule has 33 heavy (non-hydrogen) atoms. The lowest BCUT2D eigenvalue weighted by Gasteiger charge is -2.24. The van der Waals surface area contributed by atoms with E-state index in [0.29, 0.717) is 10.2 Å². The Morgan fingerprint density at radius 2 is 2.06 bits per heavy atom. The molecule has 0 aromatic carbocycles. The minimum Gasteiger partial charge on any atom is -0.379 e. The molecule has 4 aromatic rings. The molecular formula is C25H20Cl2N4S2. The van der Waals surface area contributed by atoms with E-state index < -0.39 is 0 Å². The van der Waals surface area contributed by atoms with Gasteiger partial charge >= 0.3 is 0 Å². The third kappa shape index (κ3) is 4.79. The van der Waals surface area contributed by atoms with Gasteiger partial charge < -0.3 is 11.1 Å². The van der Waals surface area contributed by atoms with Gasteiger partial charge in [0.05, 0.1) is 21.0 Å². The Kier molecular flexibility index (Phi) is 6.68. The van der Waals surface area contributed by atoms with Gasteiger partial charge in [-0.25, -0.2) is 4.98 Å². The van der Waals surface area contributed by atoms with Crippen molar-refractivity contribution in [2.75, 3.05) is 5.32 Å². The quantitative estimate of drug-likeness (QED) is 0.179. The Morgan fingerprint density at radius 3 is 2.85 bits per heavy atom. The van der Waals surface area contributed by atoms with Crippen LogP contribution in [0.2, 0.25) is 10.2 Å². The first-order valence-electron chi connectivity index (χ1n) is 10.5. The second kappa shape index (κ2) is 9.84. The molecule has 5 rings (SSSR count). The molecule has 0 saturated heterocycles. The highest BCUT2D eigenvalue weighted by Gasteiger charge is 2.27. The van der Waals surface area contributed by atoms with Gasteiger partial charge in [0.15, 0.2) is 0 Å². The fourth-order valence-electron chi connectivity index (χ4n) is 3.90. The monoisotopic (exact) mass is 510 g/mol. The normalized spacial score (nSPS) is 17.7. The molecule has 0 aliphatic heterocycles. The molecule has 0 fully saturated rings. The van der Waals surface area contributed by atoms with Crippen LogP contribution >= 0.6 is 45.9 Å². The molecule has 4 heterocycles. The lowest BCUT2D eigenvalue weighted by Crippen LogP contribution is -2.29. The van der Waals surface area contributed by atoms with Gasteiger partial charge in [0.2, 0.25) is 0 Å². The van der Waals surface area contributed by atoms with Gasteiger partial charge in [-0.2, -0.15) is 0 Å². The summed E-state index contributed by atoms with van der Waals surface area (Å²) in [5.74, 6) is 6.75. The molecule has 0 saturated carbocycles. The van der Waals surface area contributed by atoms with Crippen molar-refractivity contribution in [1.82, 2.24) is 9.97 Å². The first kappa shape index (κ1) is 22.4. The fourth-order valence-corrected chi connectivity index (χ4v) is 6.29. The van der Waals surface area contributed by atoms with Gasteiger partial charge in [0.1, 0.15) is 10.7 Å². The van der Waals surface area contributed by atoms with E-state index in [1.165, 1.54) is 4.88 Å². The van der Waals surface area contributed by atoms with E-state index >= 15 is 0 Å². The topological polar surface area (TPSA) is 63.8 Å². The van der Waals surface area contributed by atoms with E-state index in [2.05, 4.69) is 56.8 Å². The summed E-state index contributed by atoms with van der Waals surface area (Å²) in [6.45, 7) is 0.722. The Hall–Kier alpha value is -2.40. The van der Waals surface area contributed by atoms with Crippen LogP contribution in [0.5, 0.6) is 0 Å². The van der Waals surface area contributed by atoms with Crippen molar-refractivity contribution in [1.29, 1.82) is 0 Å². The van der Waals surface area contributed by atoms with Crippen LogP contribution in [0, 0.1) is 11.8 Å². The zero-order valence-electron chi connectivity index (χ0n) is 17.5. The van der Waals surface area contributed by atoms with Gasteiger partial charge in [0.25, 0.3) is 0 Å². The molecule has 0 spiro atoms. The van der Waals surface area contributed by atoms with Crippen molar-refractivity contribution >= 4 is 61.8 Å². The number of nitrogens with two attached hydrogens (primary N) is 1.